The zero-order chi connectivity index (χ0) is 13.9. The average Bonchev–Trinajstić information content (AvgIpc) is 2.69. The highest BCUT2D eigenvalue weighted by Crippen LogP contribution is 2.41. The van der Waals surface area contributed by atoms with Crippen molar-refractivity contribution in [3.63, 3.8) is 0 Å². The second-order valence-corrected chi connectivity index (χ2v) is 6.31. The lowest BCUT2D eigenvalue weighted by atomic mass is 9.87. The van der Waals surface area contributed by atoms with E-state index >= 15 is 0 Å². The molecule has 1 N–H and O–H groups in total. The molecule has 2 unspecified atom stereocenters. The van der Waals surface area contributed by atoms with Crippen molar-refractivity contribution in [2.24, 2.45) is 5.92 Å². The molecular weight excluding hydrogens is 250 g/mol. The van der Waals surface area contributed by atoms with Gasteiger partial charge in [-0.3, -0.25) is 9.69 Å². The lowest BCUT2D eigenvalue weighted by Gasteiger charge is -2.39. The summed E-state index contributed by atoms with van der Waals surface area (Å²) in [6, 6.07) is 12.0. The molecule has 0 aliphatic carbocycles. The van der Waals surface area contributed by atoms with Gasteiger partial charge in [-0.15, -0.1) is 0 Å². The molecule has 2 aliphatic rings. The zero-order valence-corrected chi connectivity index (χ0v) is 11.9. The van der Waals surface area contributed by atoms with Gasteiger partial charge in [0.2, 0.25) is 0 Å². The van der Waals surface area contributed by atoms with Crippen LogP contribution >= 0.6 is 0 Å². The van der Waals surface area contributed by atoms with Gasteiger partial charge in [-0.1, -0.05) is 30.3 Å². The maximum absolute atomic E-state index is 10.7. The third-order valence-electron chi connectivity index (χ3n) is 4.96. The number of hydrogen-bond acceptors (Lipinski definition) is 2. The van der Waals surface area contributed by atoms with Crippen LogP contribution in [0.1, 0.15) is 44.1 Å². The third-order valence-corrected chi connectivity index (χ3v) is 4.96. The molecule has 2 fully saturated rings. The lowest BCUT2D eigenvalue weighted by molar-refractivity contribution is -0.137. The first-order valence-corrected chi connectivity index (χ1v) is 7.74. The van der Waals surface area contributed by atoms with Crippen molar-refractivity contribution < 1.29 is 9.90 Å². The minimum absolute atomic E-state index is 0.336. The van der Waals surface area contributed by atoms with Crippen LogP contribution in [-0.2, 0) is 11.3 Å². The monoisotopic (exact) mass is 273 g/mol. The normalized spacial score (nSPS) is 29.5. The van der Waals surface area contributed by atoms with Crippen molar-refractivity contribution in [2.45, 2.75) is 57.2 Å². The fourth-order valence-corrected chi connectivity index (χ4v) is 4.00. The minimum Gasteiger partial charge on any atom is -0.481 e. The molecule has 2 aliphatic heterocycles. The second kappa shape index (κ2) is 5.96. The number of hydrogen-bond donors (Lipinski definition) is 1. The van der Waals surface area contributed by atoms with Gasteiger partial charge in [-0.2, -0.15) is 0 Å². The van der Waals surface area contributed by atoms with Crippen molar-refractivity contribution in [2.75, 3.05) is 0 Å². The molecule has 108 valence electrons. The van der Waals surface area contributed by atoms with Crippen LogP contribution in [0.2, 0.25) is 0 Å². The van der Waals surface area contributed by atoms with Gasteiger partial charge >= 0.3 is 5.97 Å². The van der Waals surface area contributed by atoms with Crippen molar-refractivity contribution in [1.29, 1.82) is 0 Å². The van der Waals surface area contributed by atoms with Crippen molar-refractivity contribution in [1.82, 2.24) is 4.90 Å². The topological polar surface area (TPSA) is 40.5 Å². The Balaban J connectivity index is 1.59. The molecule has 0 spiro atoms. The molecule has 3 heteroatoms. The van der Waals surface area contributed by atoms with Gasteiger partial charge < -0.3 is 5.11 Å². The number of carbonyl (C=O) groups is 1. The maximum atomic E-state index is 10.7. The Kier molecular flexibility index (Phi) is 4.06. The number of carboxylic acid groups (broad SMARTS) is 1. The molecule has 0 radical (unpaired) electrons. The Morgan fingerprint density at radius 1 is 1.15 bits per heavy atom. The van der Waals surface area contributed by atoms with E-state index in [1.165, 1.54) is 31.2 Å². The summed E-state index contributed by atoms with van der Waals surface area (Å²) < 4.78 is 0. The van der Waals surface area contributed by atoms with Crippen LogP contribution < -0.4 is 0 Å². The predicted octanol–water partition coefficient (Wildman–Crippen LogP) is 3.29. The molecule has 1 aromatic carbocycles. The number of rotatable bonds is 5. The van der Waals surface area contributed by atoms with Crippen LogP contribution in [0.4, 0.5) is 0 Å². The fraction of sp³-hybridized carbons (Fsp3) is 0.588. The predicted molar refractivity (Wildman–Crippen MR) is 78.4 cm³/mol. The van der Waals surface area contributed by atoms with E-state index in [-0.39, 0.29) is 0 Å². The first-order chi connectivity index (χ1) is 9.72. The Bertz CT molecular complexity index is 445. The number of nitrogens with zero attached hydrogens (tertiary/aromatic N) is 1. The zero-order valence-electron chi connectivity index (χ0n) is 11.9. The van der Waals surface area contributed by atoms with Crippen LogP contribution in [0.3, 0.4) is 0 Å². The molecule has 20 heavy (non-hydrogen) atoms. The molecule has 2 bridgehead atoms. The largest absolute Gasteiger partial charge is 0.481 e. The molecule has 1 aromatic rings. The summed E-state index contributed by atoms with van der Waals surface area (Å²) in [4.78, 5) is 13.4. The molecule has 2 heterocycles. The molecule has 3 rings (SSSR count). The Morgan fingerprint density at radius 3 is 2.40 bits per heavy atom. The van der Waals surface area contributed by atoms with E-state index in [0.717, 1.165) is 13.0 Å². The van der Waals surface area contributed by atoms with Gasteiger partial charge in [-0.05, 0) is 43.6 Å². The summed E-state index contributed by atoms with van der Waals surface area (Å²) >= 11 is 0. The van der Waals surface area contributed by atoms with Gasteiger partial charge in [0.1, 0.15) is 0 Å². The second-order valence-electron chi connectivity index (χ2n) is 6.31. The van der Waals surface area contributed by atoms with Crippen LogP contribution in [0.5, 0.6) is 0 Å². The first kappa shape index (κ1) is 13.6. The van der Waals surface area contributed by atoms with Crippen LogP contribution in [0, 0.1) is 5.92 Å². The van der Waals surface area contributed by atoms with Crippen molar-refractivity contribution in [3.05, 3.63) is 35.9 Å². The van der Waals surface area contributed by atoms with Gasteiger partial charge in [0.15, 0.2) is 0 Å². The standard InChI is InChI=1S/C17H23NO2/c19-17(20)9-6-14-10-15-7-8-16(11-14)18(15)12-13-4-2-1-3-5-13/h1-5,14-16H,6-12H2,(H,19,20). The van der Waals surface area contributed by atoms with Crippen molar-refractivity contribution in [3.8, 4) is 0 Å². The number of fused-ring (bicyclic) bond motifs is 2. The molecule has 3 nitrogen and oxygen atoms in total. The Labute approximate surface area is 120 Å². The molecular formula is C17H23NO2. The maximum Gasteiger partial charge on any atom is 0.303 e. The van der Waals surface area contributed by atoms with E-state index in [1.54, 1.807) is 0 Å². The summed E-state index contributed by atoms with van der Waals surface area (Å²) in [5.41, 5.74) is 1.40. The smallest absolute Gasteiger partial charge is 0.303 e. The summed E-state index contributed by atoms with van der Waals surface area (Å²) in [5.74, 6) is -0.0281. The quantitative estimate of drug-likeness (QED) is 0.895. The lowest BCUT2D eigenvalue weighted by Crippen LogP contribution is -2.42. The number of aliphatic carboxylic acids is 1. The molecule has 0 saturated carbocycles. The van der Waals surface area contributed by atoms with E-state index < -0.39 is 5.97 Å². The highest BCUT2D eigenvalue weighted by Gasteiger charge is 2.40. The minimum atomic E-state index is -0.649. The SMILES string of the molecule is O=C(O)CCC1CC2CCC(C1)N2Cc1ccccc1. The van der Waals surface area contributed by atoms with E-state index in [2.05, 4.69) is 35.2 Å². The van der Waals surface area contributed by atoms with Crippen LogP contribution in [-0.4, -0.2) is 28.1 Å². The van der Waals surface area contributed by atoms with E-state index in [1.807, 2.05) is 0 Å². The summed E-state index contributed by atoms with van der Waals surface area (Å²) in [6.45, 7) is 1.06. The number of benzene rings is 1. The summed E-state index contributed by atoms with van der Waals surface area (Å²) in [5, 5.41) is 8.83. The van der Waals surface area contributed by atoms with E-state index in [9.17, 15) is 4.79 Å². The van der Waals surface area contributed by atoms with Gasteiger partial charge in [0.25, 0.3) is 0 Å². The molecule has 2 saturated heterocycles. The number of piperidine rings is 1. The van der Waals surface area contributed by atoms with Gasteiger partial charge in [0, 0.05) is 25.0 Å². The highest BCUT2D eigenvalue weighted by molar-refractivity contribution is 5.66. The summed E-state index contributed by atoms with van der Waals surface area (Å²) in [6.07, 6.45) is 6.17. The van der Waals surface area contributed by atoms with Crippen molar-refractivity contribution >= 4 is 5.97 Å². The third kappa shape index (κ3) is 3.04. The first-order valence-electron chi connectivity index (χ1n) is 7.74. The molecule has 2 atom stereocenters. The Hall–Kier alpha value is -1.35. The molecule has 0 amide bonds. The van der Waals surface area contributed by atoms with Crippen LogP contribution in [0.25, 0.3) is 0 Å². The van der Waals surface area contributed by atoms with E-state index in [0.29, 0.717) is 24.4 Å². The fourth-order valence-electron chi connectivity index (χ4n) is 4.00. The Morgan fingerprint density at radius 2 is 1.80 bits per heavy atom. The summed E-state index contributed by atoms with van der Waals surface area (Å²) in [7, 11) is 0. The van der Waals surface area contributed by atoms with Crippen LogP contribution in [0.15, 0.2) is 30.3 Å². The highest BCUT2D eigenvalue weighted by atomic mass is 16.4. The van der Waals surface area contributed by atoms with E-state index in [4.69, 9.17) is 5.11 Å². The number of carboxylic acids is 1. The average molecular weight is 273 g/mol. The molecule has 0 aromatic heterocycles. The van der Waals surface area contributed by atoms with Gasteiger partial charge in [0.05, 0.1) is 0 Å². The van der Waals surface area contributed by atoms with Gasteiger partial charge in [-0.25, -0.2) is 0 Å².